The summed E-state index contributed by atoms with van der Waals surface area (Å²) >= 11 is 0. The highest BCUT2D eigenvalue weighted by Gasteiger charge is 2.31. The Bertz CT molecular complexity index is 762. The summed E-state index contributed by atoms with van der Waals surface area (Å²) in [6.07, 6.45) is -4.39. The quantitative estimate of drug-likeness (QED) is 0.719. The number of hydrogen-bond acceptors (Lipinski definition) is 4. The van der Waals surface area contributed by atoms with Gasteiger partial charge in [-0.05, 0) is 42.8 Å². The van der Waals surface area contributed by atoms with Crippen LogP contribution in [0.3, 0.4) is 0 Å². The molecule has 0 saturated carbocycles. The van der Waals surface area contributed by atoms with Gasteiger partial charge in [0.2, 0.25) is 10.0 Å². The SMILES string of the molecule is O=S(=O)(NCCCOc1ccccc1)c1ccc(OC(F)(F)F)cc1. The minimum Gasteiger partial charge on any atom is -0.494 e. The van der Waals surface area contributed by atoms with Gasteiger partial charge in [0.1, 0.15) is 11.5 Å². The first-order valence-corrected chi connectivity index (χ1v) is 8.78. The summed E-state index contributed by atoms with van der Waals surface area (Å²) < 4.78 is 71.8. The highest BCUT2D eigenvalue weighted by Crippen LogP contribution is 2.23. The molecule has 0 fully saturated rings. The lowest BCUT2D eigenvalue weighted by molar-refractivity contribution is -0.274. The second-order valence-corrected chi connectivity index (χ2v) is 6.70. The zero-order chi connectivity index (χ0) is 18.3. The van der Waals surface area contributed by atoms with Crippen LogP contribution in [0.15, 0.2) is 59.5 Å². The van der Waals surface area contributed by atoms with Crippen molar-refractivity contribution in [3.8, 4) is 11.5 Å². The molecule has 5 nitrogen and oxygen atoms in total. The molecule has 0 amide bonds. The van der Waals surface area contributed by atoms with Crippen molar-refractivity contribution in [1.82, 2.24) is 4.72 Å². The Balaban J connectivity index is 1.80. The molecule has 136 valence electrons. The summed E-state index contributed by atoms with van der Waals surface area (Å²) in [5.41, 5.74) is 0. The highest BCUT2D eigenvalue weighted by atomic mass is 32.2. The molecular formula is C16H16F3NO4S. The third-order valence-electron chi connectivity index (χ3n) is 2.99. The fraction of sp³-hybridized carbons (Fsp3) is 0.250. The zero-order valence-corrected chi connectivity index (χ0v) is 13.8. The number of hydrogen-bond donors (Lipinski definition) is 1. The molecule has 2 aromatic rings. The number of sulfonamides is 1. The van der Waals surface area contributed by atoms with Gasteiger partial charge in [0.05, 0.1) is 11.5 Å². The van der Waals surface area contributed by atoms with Crippen molar-refractivity contribution < 1.29 is 31.1 Å². The minimum atomic E-state index is -4.82. The van der Waals surface area contributed by atoms with Crippen molar-refractivity contribution in [2.45, 2.75) is 17.7 Å². The van der Waals surface area contributed by atoms with Gasteiger partial charge in [-0.25, -0.2) is 13.1 Å². The van der Waals surface area contributed by atoms with Gasteiger partial charge >= 0.3 is 6.36 Å². The molecule has 0 bridgehead atoms. The molecule has 0 saturated heterocycles. The summed E-state index contributed by atoms with van der Waals surface area (Å²) in [4.78, 5) is -0.147. The fourth-order valence-corrected chi connectivity index (χ4v) is 2.96. The van der Waals surface area contributed by atoms with Crippen molar-refractivity contribution in [1.29, 1.82) is 0 Å². The third-order valence-corrected chi connectivity index (χ3v) is 4.47. The van der Waals surface area contributed by atoms with Gasteiger partial charge < -0.3 is 9.47 Å². The predicted octanol–water partition coefficient (Wildman–Crippen LogP) is 3.33. The van der Waals surface area contributed by atoms with Gasteiger partial charge in [-0.15, -0.1) is 13.2 Å². The molecule has 1 N–H and O–H groups in total. The average molecular weight is 375 g/mol. The lowest BCUT2D eigenvalue weighted by Crippen LogP contribution is -2.26. The number of ether oxygens (including phenoxy) is 2. The number of nitrogens with one attached hydrogen (secondary N) is 1. The van der Waals surface area contributed by atoms with Crippen LogP contribution in [-0.4, -0.2) is 27.9 Å². The Morgan fingerprint density at radius 3 is 2.16 bits per heavy atom. The molecule has 0 aliphatic carbocycles. The van der Waals surface area contributed by atoms with Crippen molar-refractivity contribution in [2.24, 2.45) is 0 Å². The van der Waals surface area contributed by atoms with Crippen molar-refractivity contribution >= 4 is 10.0 Å². The maximum atomic E-state index is 12.1. The van der Waals surface area contributed by atoms with Gasteiger partial charge in [0.15, 0.2) is 0 Å². The van der Waals surface area contributed by atoms with E-state index in [1.54, 1.807) is 12.1 Å². The molecule has 0 spiro atoms. The smallest absolute Gasteiger partial charge is 0.494 e. The van der Waals surface area contributed by atoms with Gasteiger partial charge in [0.25, 0.3) is 0 Å². The molecular weight excluding hydrogens is 359 g/mol. The van der Waals surface area contributed by atoms with E-state index in [2.05, 4.69) is 9.46 Å². The van der Waals surface area contributed by atoms with E-state index in [1.807, 2.05) is 18.2 Å². The van der Waals surface area contributed by atoms with Crippen LogP contribution in [0.2, 0.25) is 0 Å². The molecule has 0 aliphatic heterocycles. The van der Waals surface area contributed by atoms with Gasteiger partial charge in [-0.1, -0.05) is 18.2 Å². The third kappa shape index (κ3) is 6.63. The molecule has 0 radical (unpaired) electrons. The van der Waals surface area contributed by atoms with Crippen molar-refractivity contribution in [3.05, 3.63) is 54.6 Å². The van der Waals surface area contributed by atoms with E-state index >= 15 is 0 Å². The van der Waals surface area contributed by atoms with Crippen LogP contribution in [0.25, 0.3) is 0 Å². The lowest BCUT2D eigenvalue weighted by atomic mass is 10.3. The Morgan fingerprint density at radius 1 is 0.920 bits per heavy atom. The summed E-state index contributed by atoms with van der Waals surface area (Å²) in [7, 11) is -3.81. The summed E-state index contributed by atoms with van der Waals surface area (Å²) in [6, 6.07) is 13.1. The molecule has 9 heteroatoms. The Labute approximate surface area is 143 Å². The highest BCUT2D eigenvalue weighted by molar-refractivity contribution is 7.89. The Morgan fingerprint density at radius 2 is 1.56 bits per heavy atom. The Hall–Kier alpha value is -2.26. The first kappa shape index (κ1) is 19.1. The predicted molar refractivity (Wildman–Crippen MR) is 84.9 cm³/mol. The van der Waals surface area contributed by atoms with Crippen LogP contribution in [0.1, 0.15) is 6.42 Å². The molecule has 25 heavy (non-hydrogen) atoms. The number of halogens is 3. The van der Waals surface area contributed by atoms with E-state index in [4.69, 9.17) is 4.74 Å². The van der Waals surface area contributed by atoms with Crippen LogP contribution in [-0.2, 0) is 10.0 Å². The first-order valence-electron chi connectivity index (χ1n) is 7.30. The minimum absolute atomic E-state index is 0.135. The molecule has 0 atom stereocenters. The molecule has 2 aromatic carbocycles. The maximum Gasteiger partial charge on any atom is 0.573 e. The number of alkyl halides is 3. The molecule has 2 rings (SSSR count). The van der Waals surface area contributed by atoms with Crippen molar-refractivity contribution in [2.75, 3.05) is 13.2 Å². The van der Waals surface area contributed by atoms with E-state index in [0.717, 1.165) is 24.3 Å². The van der Waals surface area contributed by atoms with Gasteiger partial charge in [-0.3, -0.25) is 0 Å². The lowest BCUT2D eigenvalue weighted by Gasteiger charge is -2.10. The van der Waals surface area contributed by atoms with E-state index < -0.39 is 22.1 Å². The largest absolute Gasteiger partial charge is 0.573 e. The van der Waals surface area contributed by atoms with Gasteiger partial charge in [0, 0.05) is 6.54 Å². The van der Waals surface area contributed by atoms with Crippen molar-refractivity contribution in [3.63, 3.8) is 0 Å². The second kappa shape index (κ2) is 8.21. The standard InChI is InChI=1S/C16H16F3NO4S/c17-16(18,19)24-14-7-9-15(10-8-14)25(21,22)20-11-4-12-23-13-5-2-1-3-6-13/h1-3,5-10,20H,4,11-12H2. The molecule has 0 unspecified atom stereocenters. The topological polar surface area (TPSA) is 64.6 Å². The zero-order valence-electron chi connectivity index (χ0n) is 13.0. The number of rotatable bonds is 8. The van der Waals surface area contributed by atoms with Crippen LogP contribution >= 0.6 is 0 Å². The van der Waals surface area contributed by atoms with E-state index in [0.29, 0.717) is 18.8 Å². The van der Waals surface area contributed by atoms with Gasteiger partial charge in [-0.2, -0.15) is 0 Å². The fourth-order valence-electron chi connectivity index (χ4n) is 1.89. The number of benzene rings is 2. The summed E-state index contributed by atoms with van der Waals surface area (Å²) in [6.45, 7) is 0.459. The first-order chi connectivity index (χ1) is 11.8. The van der Waals surface area contributed by atoms with Crippen LogP contribution in [0, 0.1) is 0 Å². The monoisotopic (exact) mass is 375 g/mol. The summed E-state index contributed by atoms with van der Waals surface area (Å²) in [5, 5.41) is 0. The molecule has 0 aromatic heterocycles. The summed E-state index contributed by atoms with van der Waals surface area (Å²) in [5.74, 6) is 0.202. The number of para-hydroxylation sites is 1. The maximum absolute atomic E-state index is 12.1. The molecule has 0 heterocycles. The normalized spacial score (nSPS) is 12.0. The average Bonchev–Trinajstić information content (AvgIpc) is 2.54. The van der Waals surface area contributed by atoms with Crippen LogP contribution in [0.5, 0.6) is 11.5 Å². The second-order valence-electron chi connectivity index (χ2n) is 4.93. The van der Waals surface area contributed by atoms with Crippen LogP contribution < -0.4 is 14.2 Å². The van der Waals surface area contributed by atoms with E-state index in [1.165, 1.54) is 0 Å². The van der Waals surface area contributed by atoms with Crippen LogP contribution in [0.4, 0.5) is 13.2 Å². The Kier molecular flexibility index (Phi) is 6.27. The molecule has 0 aliphatic rings. The van der Waals surface area contributed by atoms with E-state index in [-0.39, 0.29) is 11.4 Å². The van der Waals surface area contributed by atoms with E-state index in [9.17, 15) is 21.6 Å².